The van der Waals surface area contributed by atoms with Crippen LogP contribution in [0.15, 0.2) is 65.8 Å². The molecule has 1 saturated carbocycles. The van der Waals surface area contributed by atoms with Crippen LogP contribution in [0.4, 0.5) is 16.2 Å². The first-order valence-electron chi connectivity index (χ1n) is 13.1. The van der Waals surface area contributed by atoms with Gasteiger partial charge in [-0.3, -0.25) is 14.5 Å². The number of pyridine rings is 1. The van der Waals surface area contributed by atoms with Crippen LogP contribution in [0.2, 0.25) is 0 Å². The minimum atomic E-state index is -0.555. The van der Waals surface area contributed by atoms with Crippen LogP contribution in [-0.2, 0) is 9.59 Å². The molecule has 1 aromatic heterocycles. The summed E-state index contributed by atoms with van der Waals surface area (Å²) in [6.07, 6.45) is 4.25. The molecule has 0 saturated heterocycles. The number of amides is 4. The number of rotatable bonds is 6. The molecule has 0 spiro atoms. The molecule has 2 aromatic carbocycles. The van der Waals surface area contributed by atoms with Crippen molar-refractivity contribution in [3.8, 4) is 11.5 Å². The molecule has 1 aliphatic carbocycles. The molecule has 4 atom stereocenters. The van der Waals surface area contributed by atoms with E-state index < -0.39 is 11.3 Å². The lowest BCUT2D eigenvalue weighted by molar-refractivity contribution is -0.123. The predicted octanol–water partition coefficient (Wildman–Crippen LogP) is 4.73. The second-order valence-corrected chi connectivity index (χ2v) is 11.2. The number of urea groups is 1. The second kappa shape index (κ2) is 10.3. The highest BCUT2D eigenvalue weighted by molar-refractivity contribution is 8.01. The highest BCUT2D eigenvalue weighted by Gasteiger charge is 2.47. The molecule has 1 fully saturated rings. The van der Waals surface area contributed by atoms with E-state index in [1.807, 2.05) is 61.5 Å². The van der Waals surface area contributed by atoms with E-state index in [0.717, 1.165) is 46.9 Å². The number of benzene rings is 2. The van der Waals surface area contributed by atoms with E-state index in [4.69, 9.17) is 4.74 Å². The number of hydrogen-bond acceptors (Lipinski definition) is 6. The van der Waals surface area contributed by atoms with E-state index in [9.17, 15) is 14.4 Å². The van der Waals surface area contributed by atoms with Crippen LogP contribution in [0.3, 0.4) is 0 Å². The summed E-state index contributed by atoms with van der Waals surface area (Å²) in [6.45, 7) is 3.43. The highest BCUT2D eigenvalue weighted by Crippen LogP contribution is 2.51. The number of thioether (sulfide) groups is 1. The van der Waals surface area contributed by atoms with Crippen LogP contribution in [-0.4, -0.2) is 40.2 Å². The van der Waals surface area contributed by atoms with Gasteiger partial charge < -0.3 is 20.7 Å². The Labute approximate surface area is 230 Å². The zero-order chi connectivity index (χ0) is 27.1. The first kappa shape index (κ1) is 25.2. The van der Waals surface area contributed by atoms with Gasteiger partial charge >= 0.3 is 6.03 Å². The lowest BCUT2D eigenvalue weighted by atomic mass is 9.99. The van der Waals surface area contributed by atoms with Crippen molar-refractivity contribution in [3.05, 3.63) is 71.9 Å². The fraction of sp³-hybridized carbons (Fsp3) is 0.310. The summed E-state index contributed by atoms with van der Waals surface area (Å²) >= 11 is 1.36. The molecule has 3 aromatic rings. The molecule has 10 heteroatoms. The Balaban J connectivity index is 1.25. The van der Waals surface area contributed by atoms with Crippen LogP contribution in [0.5, 0.6) is 11.5 Å². The number of carbonyl (C=O) groups excluding carboxylic acids is 3. The summed E-state index contributed by atoms with van der Waals surface area (Å²) in [6, 6.07) is 16.0. The molecule has 6 rings (SSSR count). The smallest absolute Gasteiger partial charge is 0.327 e. The van der Waals surface area contributed by atoms with Crippen molar-refractivity contribution in [2.24, 2.45) is 0 Å². The van der Waals surface area contributed by atoms with Crippen molar-refractivity contribution in [3.63, 3.8) is 0 Å². The van der Waals surface area contributed by atoms with Gasteiger partial charge in [-0.25, -0.2) is 9.78 Å². The van der Waals surface area contributed by atoms with Crippen molar-refractivity contribution in [1.29, 1.82) is 0 Å². The minimum absolute atomic E-state index is 0.0813. The number of ether oxygens (including phenoxy) is 1. The Morgan fingerprint density at radius 1 is 1.03 bits per heavy atom. The summed E-state index contributed by atoms with van der Waals surface area (Å²) in [5.41, 5.74) is 3.15. The molecular weight excluding hydrogens is 514 g/mol. The number of carbonyl (C=O) groups is 3. The van der Waals surface area contributed by atoms with E-state index in [-0.39, 0.29) is 29.9 Å². The molecule has 0 bridgehead atoms. The van der Waals surface area contributed by atoms with Crippen LogP contribution in [0.25, 0.3) is 0 Å². The number of nitrogens with one attached hydrogen (secondary N) is 3. The number of aromatic nitrogens is 1. The van der Waals surface area contributed by atoms with Crippen molar-refractivity contribution in [1.82, 2.24) is 20.9 Å². The largest absolute Gasteiger partial charge is 0.457 e. The quantitative estimate of drug-likeness (QED) is 0.414. The van der Waals surface area contributed by atoms with Crippen LogP contribution in [0, 0.1) is 6.92 Å². The topological polar surface area (TPSA) is 113 Å². The first-order chi connectivity index (χ1) is 18.9. The van der Waals surface area contributed by atoms with Gasteiger partial charge in [0.1, 0.15) is 21.8 Å². The summed E-state index contributed by atoms with van der Waals surface area (Å²) < 4.78 is 5.97. The molecule has 2 unspecified atom stereocenters. The lowest BCUT2D eigenvalue weighted by Gasteiger charge is -2.35. The van der Waals surface area contributed by atoms with E-state index in [2.05, 4.69) is 20.9 Å². The summed E-state index contributed by atoms with van der Waals surface area (Å²) in [5, 5.41) is 9.32. The zero-order valence-electron chi connectivity index (χ0n) is 21.6. The number of anilines is 2. The molecule has 3 aliphatic rings. The maximum Gasteiger partial charge on any atom is 0.327 e. The van der Waals surface area contributed by atoms with Gasteiger partial charge in [0.15, 0.2) is 0 Å². The van der Waals surface area contributed by atoms with E-state index in [1.165, 1.54) is 18.7 Å². The molecule has 3 N–H and O–H groups in total. The van der Waals surface area contributed by atoms with Gasteiger partial charge in [-0.05, 0) is 68.1 Å². The Kier molecular flexibility index (Phi) is 6.64. The van der Waals surface area contributed by atoms with Gasteiger partial charge in [-0.15, -0.1) is 0 Å². The third kappa shape index (κ3) is 4.80. The predicted molar refractivity (Wildman–Crippen MR) is 148 cm³/mol. The third-order valence-electron chi connectivity index (χ3n) is 7.38. The maximum atomic E-state index is 13.5. The Morgan fingerprint density at radius 3 is 2.54 bits per heavy atom. The molecule has 200 valence electrons. The standard InChI is InChI=1S/C29H29N5O4S/c1-16-15-19(38-18-7-4-3-5-8-18)11-12-22(16)34-23-13-14-30-28-24(23)25(33-29(34)37)26(39-28)27(36)32-21-10-6-9-20(21)31-17(2)35/h3-5,7-8,11-15,20-21,25-26H,6,9-10H2,1-2H3,(H,31,35)(H,32,36)(H,33,37)/t20-,21-,25?,26?/m0/s1. The Bertz CT molecular complexity index is 1450. The summed E-state index contributed by atoms with van der Waals surface area (Å²) in [5.74, 6) is 1.14. The normalized spacial score (nSPS) is 23.1. The fourth-order valence-corrected chi connectivity index (χ4v) is 6.90. The van der Waals surface area contributed by atoms with Crippen LogP contribution < -0.4 is 25.6 Å². The zero-order valence-corrected chi connectivity index (χ0v) is 22.5. The number of aryl methyl sites for hydroxylation is 1. The number of hydrogen-bond donors (Lipinski definition) is 3. The summed E-state index contributed by atoms with van der Waals surface area (Å²) in [4.78, 5) is 44.8. The van der Waals surface area contributed by atoms with Gasteiger partial charge in [-0.1, -0.05) is 30.0 Å². The summed E-state index contributed by atoms with van der Waals surface area (Å²) in [7, 11) is 0. The van der Waals surface area contributed by atoms with E-state index >= 15 is 0 Å². The van der Waals surface area contributed by atoms with Gasteiger partial charge in [0.25, 0.3) is 0 Å². The van der Waals surface area contributed by atoms with Crippen LogP contribution in [0.1, 0.15) is 43.4 Å². The SMILES string of the molecule is CC(=O)N[C@H]1CCC[C@@H]1NC(=O)C1Sc2nccc3c2C1NC(=O)N3c1ccc(Oc2ccccc2)cc1C. The van der Waals surface area contributed by atoms with Crippen molar-refractivity contribution >= 4 is 41.0 Å². The second-order valence-electron chi connectivity index (χ2n) is 10.1. The highest BCUT2D eigenvalue weighted by atomic mass is 32.2. The van der Waals surface area contributed by atoms with Crippen LogP contribution >= 0.6 is 11.8 Å². The number of nitrogens with zero attached hydrogens (tertiary/aromatic N) is 2. The lowest BCUT2D eigenvalue weighted by Crippen LogP contribution is -2.53. The Morgan fingerprint density at radius 2 is 1.79 bits per heavy atom. The average molecular weight is 544 g/mol. The number of para-hydroxylation sites is 1. The molecule has 4 amide bonds. The van der Waals surface area contributed by atoms with Crippen molar-refractivity contribution < 1.29 is 19.1 Å². The molecule has 2 aliphatic heterocycles. The van der Waals surface area contributed by atoms with Gasteiger partial charge in [0.2, 0.25) is 11.8 Å². The third-order valence-corrected chi connectivity index (χ3v) is 8.67. The maximum absolute atomic E-state index is 13.5. The minimum Gasteiger partial charge on any atom is -0.457 e. The monoisotopic (exact) mass is 543 g/mol. The van der Waals surface area contributed by atoms with E-state index in [1.54, 1.807) is 11.1 Å². The van der Waals surface area contributed by atoms with Gasteiger partial charge in [0.05, 0.1) is 17.4 Å². The first-order valence-corrected chi connectivity index (χ1v) is 13.9. The molecule has 9 nitrogen and oxygen atoms in total. The fourth-order valence-electron chi connectivity index (χ4n) is 5.66. The molecular formula is C29H29N5O4S. The van der Waals surface area contributed by atoms with Crippen molar-refractivity contribution in [2.45, 2.75) is 61.5 Å². The average Bonchev–Trinajstić information content (AvgIpc) is 3.50. The molecule has 3 heterocycles. The Hall–Kier alpha value is -4.05. The molecule has 0 radical (unpaired) electrons. The van der Waals surface area contributed by atoms with Crippen molar-refractivity contribution in [2.75, 3.05) is 4.90 Å². The van der Waals surface area contributed by atoms with Gasteiger partial charge in [0, 0.05) is 30.8 Å². The van der Waals surface area contributed by atoms with E-state index in [0.29, 0.717) is 11.4 Å². The molecule has 39 heavy (non-hydrogen) atoms. The van der Waals surface area contributed by atoms with Gasteiger partial charge in [-0.2, -0.15) is 0 Å².